The van der Waals surface area contributed by atoms with Gasteiger partial charge in [-0.1, -0.05) is 16.8 Å². The van der Waals surface area contributed by atoms with E-state index < -0.39 is 41.2 Å². The number of unbranched alkanes of at least 4 members (excludes halogenated alkanes) is 2. The predicted octanol–water partition coefficient (Wildman–Crippen LogP) is 6.44. The van der Waals surface area contributed by atoms with Crippen LogP contribution in [0.1, 0.15) is 89.0 Å². The summed E-state index contributed by atoms with van der Waals surface area (Å²) in [5, 5.41) is 44.6. The molecule has 7 aromatic heterocycles. The molecule has 2 aromatic carbocycles. The fourth-order valence-electron chi connectivity index (χ4n) is 8.82. The Kier molecular flexibility index (Phi) is 22.3. The summed E-state index contributed by atoms with van der Waals surface area (Å²) in [5.74, 6) is -2.47. The molecule has 0 fully saturated rings. The van der Waals surface area contributed by atoms with E-state index in [9.17, 15) is 29.1 Å². The highest BCUT2D eigenvalue weighted by Crippen LogP contribution is 2.37. The number of amides is 1. The third kappa shape index (κ3) is 17.9. The number of aliphatic carboxylic acids is 1. The smallest absolute Gasteiger partial charge is 0.326 e. The second-order valence-corrected chi connectivity index (χ2v) is 20.3. The lowest BCUT2D eigenvalue weighted by molar-refractivity contribution is -0.139. The second kappa shape index (κ2) is 31.2. The fraction of sp³-hybridized carbons (Fsp3) is 0.362. The number of hydrogen-bond acceptors (Lipinski definition) is 24. The summed E-state index contributed by atoms with van der Waals surface area (Å²) in [6, 6.07) is 12.0. The molecule has 0 aliphatic carbocycles. The molecule has 0 saturated heterocycles. The number of nitrogens with one attached hydrogen (secondary N) is 4. The molecule has 2 atom stereocenters. The number of aromatic nitrogens is 13. The van der Waals surface area contributed by atoms with Crippen molar-refractivity contribution in [1.82, 2.24) is 70.4 Å². The highest BCUT2D eigenvalue weighted by molar-refractivity contribution is 6.35. The van der Waals surface area contributed by atoms with Crippen LogP contribution in [0.15, 0.2) is 82.5 Å². The first-order chi connectivity index (χ1) is 43.2. The summed E-state index contributed by atoms with van der Waals surface area (Å²) in [7, 11) is 0. The van der Waals surface area contributed by atoms with E-state index in [2.05, 4.69) is 76.3 Å². The van der Waals surface area contributed by atoms with E-state index in [4.69, 9.17) is 45.4 Å². The fourth-order valence-corrected chi connectivity index (χ4v) is 9.01. The first-order valence-electron chi connectivity index (χ1n) is 28.2. The number of carbonyl (C=O) groups excluding carboxylic acids is 1. The molecule has 7 N–H and O–H groups in total. The number of anilines is 3. The molecule has 31 heteroatoms. The van der Waals surface area contributed by atoms with E-state index in [-0.39, 0.29) is 87.9 Å². The Balaban J connectivity index is 0.574. The Morgan fingerprint density at radius 3 is 2.30 bits per heavy atom. The highest BCUT2D eigenvalue weighted by Gasteiger charge is 2.24. The Morgan fingerprint density at radius 2 is 1.56 bits per heavy atom. The molecule has 0 aliphatic rings. The molecule has 0 spiro atoms. The maximum absolute atomic E-state index is 15.5. The van der Waals surface area contributed by atoms with Crippen molar-refractivity contribution >= 4 is 63.0 Å². The van der Waals surface area contributed by atoms with Crippen molar-refractivity contribution in [3.8, 4) is 23.3 Å². The summed E-state index contributed by atoms with van der Waals surface area (Å²) >= 11 is 6.68. The van der Waals surface area contributed by atoms with E-state index in [1.807, 2.05) is 12.3 Å². The molecule has 9 aromatic rings. The van der Waals surface area contributed by atoms with Crippen molar-refractivity contribution < 1.29 is 51.6 Å². The van der Waals surface area contributed by atoms with Gasteiger partial charge in [0.2, 0.25) is 17.7 Å². The van der Waals surface area contributed by atoms with Crippen molar-refractivity contribution in [2.24, 2.45) is 0 Å². The summed E-state index contributed by atoms with van der Waals surface area (Å²) in [6.45, 7) is 7.31. The SMILES string of the molecule is Cc1nc2cc(F)c(-c3cnc(OCCCCCn4cc(COCCOCCOCCOCCc5nnc(CC[C@H](NC(=O)c6ccc(NCc7cnc8nc(N)[nH]c(=O)c8n7)cc6)C(=O)O)o5)nn4)nc3)nc2c(N[C@H](C)c2cc(C#N)ccc2F)c1Cl. The molecule has 0 saturated carbocycles. The van der Waals surface area contributed by atoms with Crippen molar-refractivity contribution in [3.05, 3.63) is 146 Å². The molecular weight excluding hydrogens is 1180 g/mol. The number of carboxylic acids is 1. The molecule has 1 amide bonds. The van der Waals surface area contributed by atoms with Gasteiger partial charge in [-0.2, -0.15) is 10.2 Å². The van der Waals surface area contributed by atoms with Gasteiger partial charge in [-0.3, -0.25) is 19.3 Å². The van der Waals surface area contributed by atoms with Crippen LogP contribution >= 0.6 is 11.6 Å². The third-order valence-corrected chi connectivity index (χ3v) is 13.9. The van der Waals surface area contributed by atoms with Crippen LogP contribution in [0.3, 0.4) is 0 Å². The van der Waals surface area contributed by atoms with Gasteiger partial charge in [0.15, 0.2) is 17.0 Å². The number of hydrogen-bond donors (Lipinski definition) is 6. The number of nitrogens with zero attached hydrogens (tertiary/aromatic N) is 13. The Hall–Kier alpha value is -9.80. The molecule has 9 rings (SSSR count). The largest absolute Gasteiger partial charge is 0.480 e. The molecule has 89 heavy (non-hydrogen) atoms. The summed E-state index contributed by atoms with van der Waals surface area (Å²) in [6.07, 6.45) is 8.96. The lowest BCUT2D eigenvalue weighted by atomic mass is 10.0. The van der Waals surface area contributed by atoms with Crippen LogP contribution in [-0.2, 0) is 56.3 Å². The number of nitriles is 1. The average molecular weight is 1240 g/mol. The molecular formula is C58H61ClF2N18O10. The van der Waals surface area contributed by atoms with Crippen LogP contribution in [0, 0.1) is 29.9 Å². The number of nitrogen functional groups attached to an aromatic ring is 1. The number of pyridine rings is 2. The van der Waals surface area contributed by atoms with Gasteiger partial charge < -0.3 is 54.9 Å². The van der Waals surface area contributed by atoms with Gasteiger partial charge in [-0.25, -0.2) is 43.5 Å². The Bertz CT molecular complexity index is 3980. The van der Waals surface area contributed by atoms with E-state index in [0.29, 0.717) is 111 Å². The van der Waals surface area contributed by atoms with Crippen molar-refractivity contribution in [2.75, 3.05) is 69.2 Å². The van der Waals surface area contributed by atoms with Crippen LogP contribution in [0.2, 0.25) is 5.02 Å². The van der Waals surface area contributed by atoms with Gasteiger partial charge in [0, 0.05) is 60.2 Å². The number of benzene rings is 2. The molecule has 0 aliphatic heterocycles. The zero-order valence-corrected chi connectivity index (χ0v) is 49.0. The highest BCUT2D eigenvalue weighted by atomic mass is 35.5. The lowest BCUT2D eigenvalue weighted by Crippen LogP contribution is -2.41. The first-order valence-corrected chi connectivity index (χ1v) is 28.5. The van der Waals surface area contributed by atoms with E-state index in [1.54, 1.807) is 42.8 Å². The minimum absolute atomic E-state index is 0.00719. The van der Waals surface area contributed by atoms with Crippen molar-refractivity contribution in [2.45, 2.75) is 84.2 Å². The first kappa shape index (κ1) is 63.7. The molecule has 7 heterocycles. The van der Waals surface area contributed by atoms with Crippen molar-refractivity contribution in [1.29, 1.82) is 5.26 Å². The average Bonchev–Trinajstić information content (AvgIpc) is 1.60. The number of fused-ring (bicyclic) bond motifs is 2. The maximum atomic E-state index is 15.5. The normalized spacial score (nSPS) is 12.0. The number of aromatic amines is 1. The monoisotopic (exact) mass is 1240 g/mol. The number of rotatable bonds is 34. The van der Waals surface area contributed by atoms with Crippen molar-refractivity contribution in [3.63, 3.8) is 0 Å². The van der Waals surface area contributed by atoms with Crippen LogP contribution in [0.25, 0.3) is 33.5 Å². The van der Waals surface area contributed by atoms with Gasteiger partial charge in [0.1, 0.15) is 28.8 Å². The number of halogens is 3. The van der Waals surface area contributed by atoms with E-state index in [0.717, 1.165) is 19.3 Å². The number of nitrogens with two attached hydrogens (primary N) is 1. The standard InChI is InChI=1S/C58H61ClF2N18O10/c1-33(41-24-35(26-62)6-11-42(41)60)69-51-48(59)34(2)68-45-25-43(61)49(72-50(45)51)37-27-66-58(67-28-37)88-16-5-3-4-15-79-31-40(75-78-79)32-87-23-22-86-21-20-85-19-18-84-17-14-47-77-76-46(89-47)13-12-44(56(82)83)71-54(80)36-7-9-38(10-8-36)64-29-39-30-65-53-52(70-39)55(81)74-57(63)73-53/h6-11,24-25,27-28,30-31,33,44,64H,3-5,12-23,29,32H2,1-2H3,(H,68,69)(H,71,80)(H,82,83)(H3,63,65,73,74,81)/t33-,44+/m1/s1. The van der Waals surface area contributed by atoms with Crippen LogP contribution in [0.4, 0.5) is 26.1 Å². The zero-order valence-electron chi connectivity index (χ0n) is 48.3. The van der Waals surface area contributed by atoms with Gasteiger partial charge >= 0.3 is 12.0 Å². The number of H-pyrrole nitrogens is 1. The van der Waals surface area contributed by atoms with Gasteiger partial charge in [-0.15, -0.1) is 15.3 Å². The summed E-state index contributed by atoms with van der Waals surface area (Å²) in [5.41, 5.74) is 9.31. The second-order valence-electron chi connectivity index (χ2n) is 20.0. The molecule has 28 nitrogen and oxygen atoms in total. The predicted molar refractivity (Wildman–Crippen MR) is 316 cm³/mol. The van der Waals surface area contributed by atoms with Crippen LogP contribution in [-0.4, -0.2) is 141 Å². The Morgan fingerprint density at radius 1 is 0.831 bits per heavy atom. The molecule has 0 bridgehead atoms. The zero-order chi connectivity index (χ0) is 62.7. The molecule has 0 unspecified atom stereocenters. The number of carbonyl (C=O) groups is 2. The topological polar surface area (TPSA) is 379 Å². The van der Waals surface area contributed by atoms with Gasteiger partial charge in [-0.05, 0) is 82.0 Å². The minimum Gasteiger partial charge on any atom is -0.480 e. The van der Waals surface area contributed by atoms with Gasteiger partial charge in [0.25, 0.3) is 11.5 Å². The van der Waals surface area contributed by atoms with Crippen LogP contribution in [0.5, 0.6) is 6.01 Å². The summed E-state index contributed by atoms with van der Waals surface area (Å²) in [4.78, 5) is 69.4. The van der Waals surface area contributed by atoms with Crippen LogP contribution < -0.4 is 32.0 Å². The Labute approximate surface area is 511 Å². The summed E-state index contributed by atoms with van der Waals surface area (Å²) < 4.78 is 66.0. The lowest BCUT2D eigenvalue weighted by Gasteiger charge is -2.20. The molecule has 0 radical (unpaired) electrons. The number of ether oxygens (including phenoxy) is 5. The third-order valence-electron chi connectivity index (χ3n) is 13.4. The number of carboxylic acid groups (broad SMARTS) is 1. The van der Waals surface area contributed by atoms with Gasteiger partial charge in [0.05, 0.1) is 124 Å². The van der Waals surface area contributed by atoms with E-state index in [1.165, 1.54) is 42.9 Å². The quantitative estimate of drug-likeness (QED) is 0.0236. The number of aryl methyl sites for hydroxylation is 3. The minimum atomic E-state index is -1.22. The molecule has 464 valence electrons. The maximum Gasteiger partial charge on any atom is 0.326 e. The van der Waals surface area contributed by atoms with E-state index >= 15 is 4.39 Å².